The van der Waals surface area contributed by atoms with Crippen LogP contribution in [0, 0.1) is 0 Å². The van der Waals surface area contributed by atoms with E-state index in [4.69, 9.17) is 26.0 Å². The molecule has 0 fully saturated rings. The van der Waals surface area contributed by atoms with Crippen LogP contribution in [0.25, 0.3) is 0 Å². The minimum Gasteiger partial charge on any atom is -0.483 e. The molecule has 1 aromatic carbocycles. The van der Waals surface area contributed by atoms with E-state index in [1.807, 2.05) is 13.8 Å². The molecule has 7 heteroatoms. The molecule has 106 valence electrons. The van der Waals surface area contributed by atoms with Gasteiger partial charge in [-0.25, -0.2) is 4.79 Å². The van der Waals surface area contributed by atoms with Gasteiger partial charge in [0.05, 0.1) is 5.02 Å². The third-order valence-corrected chi connectivity index (χ3v) is 2.86. The van der Waals surface area contributed by atoms with Crippen LogP contribution in [0.1, 0.15) is 41.8 Å². The Kier molecular flexibility index (Phi) is 4.24. The van der Waals surface area contributed by atoms with E-state index in [1.165, 1.54) is 12.1 Å². The molecule has 1 aromatic heterocycles. The number of aromatic nitrogens is 2. The first-order valence-corrected chi connectivity index (χ1v) is 6.34. The topological polar surface area (TPSA) is 85.5 Å². The lowest BCUT2D eigenvalue weighted by Crippen LogP contribution is -2.04. The van der Waals surface area contributed by atoms with Gasteiger partial charge in [-0.3, -0.25) is 0 Å². The molecule has 0 aliphatic rings. The van der Waals surface area contributed by atoms with Crippen LogP contribution < -0.4 is 4.74 Å². The Balaban J connectivity index is 2.14. The standard InChI is InChI=1S/C13H13ClN2O4/c1-7(2)12-15-10(20-16-12)6-19-9-5-3-4-8(14)11(9)13(17)18/h3-5,7H,6H2,1-2H3,(H,17,18). The molecule has 0 saturated carbocycles. The number of hydrogen-bond donors (Lipinski definition) is 1. The van der Waals surface area contributed by atoms with Gasteiger partial charge in [-0.15, -0.1) is 0 Å². The predicted molar refractivity (Wildman–Crippen MR) is 71.1 cm³/mol. The average molecular weight is 297 g/mol. The summed E-state index contributed by atoms with van der Waals surface area (Å²) in [5.74, 6) is 0.0136. The van der Waals surface area contributed by atoms with Crippen LogP contribution in [0.15, 0.2) is 22.7 Å². The lowest BCUT2D eigenvalue weighted by atomic mass is 10.2. The maximum atomic E-state index is 11.1. The number of carbonyl (C=O) groups is 1. The molecule has 0 amide bonds. The SMILES string of the molecule is CC(C)c1noc(COc2cccc(Cl)c2C(=O)O)n1. The Bertz CT molecular complexity index is 625. The molecule has 0 spiro atoms. The van der Waals surface area contributed by atoms with Crippen molar-refractivity contribution in [2.24, 2.45) is 0 Å². The van der Waals surface area contributed by atoms with Gasteiger partial charge in [0.2, 0.25) is 0 Å². The Morgan fingerprint density at radius 2 is 2.25 bits per heavy atom. The van der Waals surface area contributed by atoms with Gasteiger partial charge in [0, 0.05) is 5.92 Å². The van der Waals surface area contributed by atoms with Crippen molar-refractivity contribution in [3.63, 3.8) is 0 Å². The van der Waals surface area contributed by atoms with Gasteiger partial charge in [-0.05, 0) is 12.1 Å². The fourth-order valence-corrected chi connectivity index (χ4v) is 1.78. The minimum atomic E-state index is -1.15. The highest BCUT2D eigenvalue weighted by Crippen LogP contribution is 2.27. The molecule has 2 rings (SSSR count). The van der Waals surface area contributed by atoms with Crippen LogP contribution in [0.3, 0.4) is 0 Å². The summed E-state index contributed by atoms with van der Waals surface area (Å²) in [4.78, 5) is 15.3. The highest BCUT2D eigenvalue weighted by Gasteiger charge is 2.17. The second kappa shape index (κ2) is 5.92. The van der Waals surface area contributed by atoms with Crippen LogP contribution in [0.4, 0.5) is 0 Å². The van der Waals surface area contributed by atoms with Crippen molar-refractivity contribution in [3.05, 3.63) is 40.5 Å². The van der Waals surface area contributed by atoms with Gasteiger partial charge in [0.15, 0.2) is 12.4 Å². The maximum absolute atomic E-state index is 11.1. The largest absolute Gasteiger partial charge is 0.483 e. The van der Waals surface area contributed by atoms with Crippen LogP contribution in [0.5, 0.6) is 5.75 Å². The fourth-order valence-electron chi connectivity index (χ4n) is 1.53. The van der Waals surface area contributed by atoms with Gasteiger partial charge in [0.1, 0.15) is 11.3 Å². The Morgan fingerprint density at radius 1 is 1.50 bits per heavy atom. The Labute approximate surface area is 120 Å². The van der Waals surface area contributed by atoms with Gasteiger partial charge < -0.3 is 14.4 Å². The maximum Gasteiger partial charge on any atom is 0.341 e. The zero-order chi connectivity index (χ0) is 14.7. The van der Waals surface area contributed by atoms with Gasteiger partial charge in [-0.1, -0.05) is 36.7 Å². The molecule has 0 aliphatic carbocycles. The molecular weight excluding hydrogens is 284 g/mol. The van der Waals surface area contributed by atoms with Crippen molar-refractivity contribution in [1.82, 2.24) is 10.1 Å². The van der Waals surface area contributed by atoms with E-state index < -0.39 is 5.97 Å². The first kappa shape index (κ1) is 14.3. The predicted octanol–water partition coefficient (Wildman–Crippen LogP) is 3.12. The third-order valence-electron chi connectivity index (χ3n) is 2.54. The summed E-state index contributed by atoms with van der Waals surface area (Å²) in [6, 6.07) is 4.62. The van der Waals surface area contributed by atoms with Gasteiger partial charge in [-0.2, -0.15) is 4.98 Å². The van der Waals surface area contributed by atoms with Crippen LogP contribution >= 0.6 is 11.6 Å². The number of nitrogens with zero attached hydrogens (tertiary/aromatic N) is 2. The number of ether oxygens (including phenoxy) is 1. The minimum absolute atomic E-state index is 0.0135. The first-order valence-electron chi connectivity index (χ1n) is 5.96. The van der Waals surface area contributed by atoms with E-state index in [2.05, 4.69) is 10.1 Å². The Morgan fingerprint density at radius 3 is 2.85 bits per heavy atom. The number of halogens is 1. The summed E-state index contributed by atoms with van der Waals surface area (Å²) >= 11 is 5.84. The van der Waals surface area contributed by atoms with Crippen LogP contribution in [0.2, 0.25) is 5.02 Å². The second-order valence-corrected chi connectivity index (χ2v) is 4.82. The fraction of sp³-hybridized carbons (Fsp3) is 0.308. The normalized spacial score (nSPS) is 10.8. The summed E-state index contributed by atoms with van der Waals surface area (Å²) in [6.07, 6.45) is 0. The molecule has 1 heterocycles. The van der Waals surface area contributed by atoms with Gasteiger partial charge in [0.25, 0.3) is 5.89 Å². The summed E-state index contributed by atoms with van der Waals surface area (Å²) in [5, 5.41) is 13.0. The number of carboxylic acids is 1. The van der Waals surface area contributed by atoms with E-state index in [1.54, 1.807) is 6.07 Å². The molecule has 2 aromatic rings. The molecule has 0 saturated heterocycles. The highest BCUT2D eigenvalue weighted by atomic mass is 35.5. The summed E-state index contributed by atoms with van der Waals surface area (Å²) in [5.41, 5.74) is -0.0854. The van der Waals surface area contributed by atoms with Crippen molar-refractivity contribution in [2.45, 2.75) is 26.4 Å². The molecule has 0 unspecified atom stereocenters. The molecular formula is C13H13ClN2O4. The molecule has 0 aliphatic heterocycles. The Hall–Kier alpha value is -2.08. The van der Waals surface area contributed by atoms with E-state index in [0.29, 0.717) is 5.82 Å². The molecule has 0 atom stereocenters. The first-order chi connectivity index (χ1) is 9.49. The quantitative estimate of drug-likeness (QED) is 0.912. The van der Waals surface area contributed by atoms with Crippen LogP contribution in [-0.4, -0.2) is 21.2 Å². The number of aromatic carboxylic acids is 1. The van der Waals surface area contributed by atoms with E-state index in [9.17, 15) is 4.79 Å². The molecule has 20 heavy (non-hydrogen) atoms. The second-order valence-electron chi connectivity index (χ2n) is 4.41. The lowest BCUT2D eigenvalue weighted by Gasteiger charge is -2.08. The monoisotopic (exact) mass is 296 g/mol. The molecule has 1 N–H and O–H groups in total. The van der Waals surface area contributed by atoms with Crippen molar-refractivity contribution in [1.29, 1.82) is 0 Å². The molecule has 6 nitrogen and oxygen atoms in total. The third kappa shape index (κ3) is 3.08. The smallest absolute Gasteiger partial charge is 0.341 e. The summed E-state index contributed by atoms with van der Waals surface area (Å²) < 4.78 is 10.4. The number of benzene rings is 1. The summed E-state index contributed by atoms with van der Waals surface area (Å²) in [7, 11) is 0. The number of rotatable bonds is 5. The lowest BCUT2D eigenvalue weighted by molar-refractivity contribution is 0.0691. The molecule has 0 bridgehead atoms. The van der Waals surface area contributed by atoms with Gasteiger partial charge >= 0.3 is 5.97 Å². The average Bonchev–Trinajstić information content (AvgIpc) is 2.84. The number of hydrogen-bond acceptors (Lipinski definition) is 5. The van der Waals surface area contributed by atoms with Crippen molar-refractivity contribution in [3.8, 4) is 5.75 Å². The zero-order valence-corrected chi connectivity index (χ0v) is 11.7. The zero-order valence-electron chi connectivity index (χ0n) is 11.0. The summed E-state index contributed by atoms with van der Waals surface area (Å²) in [6.45, 7) is 3.87. The van der Waals surface area contributed by atoms with E-state index in [-0.39, 0.29) is 34.8 Å². The van der Waals surface area contributed by atoms with Crippen molar-refractivity contribution >= 4 is 17.6 Å². The molecule has 0 radical (unpaired) electrons. The van der Waals surface area contributed by atoms with Crippen molar-refractivity contribution < 1.29 is 19.2 Å². The van der Waals surface area contributed by atoms with Crippen molar-refractivity contribution in [2.75, 3.05) is 0 Å². The number of carboxylic acid groups (broad SMARTS) is 1. The van der Waals surface area contributed by atoms with Crippen LogP contribution in [-0.2, 0) is 6.61 Å². The highest BCUT2D eigenvalue weighted by molar-refractivity contribution is 6.33. The van der Waals surface area contributed by atoms with E-state index in [0.717, 1.165) is 0 Å². The van der Waals surface area contributed by atoms with E-state index >= 15 is 0 Å².